The van der Waals surface area contributed by atoms with E-state index in [1.54, 1.807) is 19.9 Å². The number of aromatic nitrogens is 2. The van der Waals surface area contributed by atoms with Crippen molar-refractivity contribution in [2.75, 3.05) is 24.2 Å². The highest BCUT2D eigenvalue weighted by molar-refractivity contribution is 7.92. The van der Waals surface area contributed by atoms with E-state index in [0.717, 1.165) is 18.9 Å². The van der Waals surface area contributed by atoms with E-state index in [1.165, 1.54) is 16.6 Å². The third-order valence-electron chi connectivity index (χ3n) is 5.51. The van der Waals surface area contributed by atoms with Crippen LogP contribution in [0.2, 0.25) is 0 Å². The van der Waals surface area contributed by atoms with Gasteiger partial charge in [0.05, 0.1) is 17.9 Å². The number of nitrogens with two attached hydrogens (primary N) is 1. The van der Waals surface area contributed by atoms with Crippen molar-refractivity contribution in [1.29, 1.82) is 5.26 Å². The lowest BCUT2D eigenvalue weighted by Gasteiger charge is -2.37. The summed E-state index contributed by atoms with van der Waals surface area (Å²) in [7, 11) is -2.91. The van der Waals surface area contributed by atoms with Gasteiger partial charge < -0.3 is 11.1 Å². The predicted octanol–water partition coefficient (Wildman–Crippen LogP) is 2.07. The maximum absolute atomic E-state index is 14.9. The highest BCUT2D eigenvalue weighted by Gasteiger charge is 2.43. The van der Waals surface area contributed by atoms with Crippen LogP contribution in [0.15, 0.2) is 33.8 Å². The van der Waals surface area contributed by atoms with E-state index in [9.17, 15) is 13.4 Å². The number of carbonyl (C=O) groups is 1. The highest BCUT2D eigenvalue weighted by atomic mass is 32.2. The Morgan fingerprint density at radius 2 is 2.18 bits per heavy atom. The maximum atomic E-state index is 14.9. The van der Waals surface area contributed by atoms with Crippen LogP contribution in [0.5, 0.6) is 0 Å². The number of nitrogens with zero attached hydrogens (tertiary/aromatic N) is 6. The molecule has 2 aromatic heterocycles. The van der Waals surface area contributed by atoms with Gasteiger partial charge >= 0.3 is 0 Å². The lowest BCUT2D eigenvalue weighted by atomic mass is 10.00. The molecule has 4 heterocycles. The Morgan fingerprint density at radius 3 is 2.91 bits per heavy atom. The number of guanidine groups is 1. The minimum Gasteiger partial charge on any atom is -0.369 e. The Bertz CT molecular complexity index is 1330. The smallest absolute Gasteiger partial charge is 0.275 e. The molecule has 0 spiro atoms. The Kier molecular flexibility index (Phi) is 5.75. The molecule has 0 radical (unpaired) electrons. The number of hydrogen-bond acceptors (Lipinski definition) is 8. The summed E-state index contributed by atoms with van der Waals surface area (Å²) in [4.78, 5) is 25.5. The van der Waals surface area contributed by atoms with Gasteiger partial charge in [-0.2, -0.15) is 5.26 Å². The van der Waals surface area contributed by atoms with Gasteiger partial charge in [0.2, 0.25) is 5.96 Å². The maximum Gasteiger partial charge on any atom is 0.275 e. The van der Waals surface area contributed by atoms with E-state index in [-0.39, 0.29) is 28.9 Å². The van der Waals surface area contributed by atoms with Crippen LogP contribution >= 0.6 is 0 Å². The molecule has 0 bridgehead atoms. The number of nitrogens with one attached hydrogen (secondary N) is 1. The molecule has 2 aromatic rings. The summed E-state index contributed by atoms with van der Waals surface area (Å²) in [5.74, 6) is -1.18. The summed E-state index contributed by atoms with van der Waals surface area (Å²) < 4.78 is 34.4. The number of hydrogen-bond donors (Lipinski definition) is 2. The van der Waals surface area contributed by atoms with Crippen LogP contribution in [0.25, 0.3) is 0 Å². The number of halogens is 1. The van der Waals surface area contributed by atoms with Crippen molar-refractivity contribution in [3.63, 3.8) is 0 Å². The average molecular weight is 471 g/mol. The van der Waals surface area contributed by atoms with E-state index in [0.29, 0.717) is 24.2 Å². The lowest BCUT2D eigenvalue weighted by Crippen LogP contribution is -2.52. The monoisotopic (exact) mass is 470 g/mol. The summed E-state index contributed by atoms with van der Waals surface area (Å²) >= 11 is 0. The first-order valence-electron chi connectivity index (χ1n) is 10.3. The van der Waals surface area contributed by atoms with Crippen LogP contribution in [0.3, 0.4) is 0 Å². The molecule has 0 fully saturated rings. The van der Waals surface area contributed by atoms with Crippen molar-refractivity contribution in [3.8, 4) is 6.07 Å². The number of aryl methyl sites for hydroxylation is 1. The Balaban J connectivity index is 1.68. The van der Waals surface area contributed by atoms with Gasteiger partial charge in [-0.3, -0.25) is 9.10 Å². The van der Waals surface area contributed by atoms with Gasteiger partial charge in [0.15, 0.2) is 0 Å². The molecule has 2 aliphatic rings. The van der Waals surface area contributed by atoms with E-state index in [1.807, 2.05) is 6.07 Å². The molecule has 1 amide bonds. The molecular formula is C21H23FN8O2S. The summed E-state index contributed by atoms with van der Waals surface area (Å²) in [6, 6.07) is 5.99. The fourth-order valence-electron chi connectivity index (χ4n) is 3.94. The van der Waals surface area contributed by atoms with Crippen molar-refractivity contribution < 1.29 is 13.4 Å². The second kappa shape index (κ2) is 8.40. The zero-order valence-corrected chi connectivity index (χ0v) is 19.0. The second-order valence-electron chi connectivity index (χ2n) is 8.14. The highest BCUT2D eigenvalue weighted by Crippen LogP contribution is 2.35. The van der Waals surface area contributed by atoms with Gasteiger partial charge in [0.25, 0.3) is 5.91 Å². The molecule has 3 N–H and O–H groups in total. The number of aliphatic imine (C=N–C) groups is 1. The Labute approximate surface area is 191 Å². The standard InChI is InChI=1S/C21H23FN8O2S/c1-13-9-14(10-23)11-25-17(13)19(31)28-16-6-5-15(22)18(27-16)21(2)12-33(32)26-7-3-4-8-30(33)20(24)29-21/h5-6,9,11H,3-4,7-8,12H2,1-2H3,(H2,24,29)(H,27,28,31)/t21-,33-/m0/s1. The molecule has 2 atom stereocenters. The van der Waals surface area contributed by atoms with E-state index < -0.39 is 27.2 Å². The molecule has 0 unspecified atom stereocenters. The third-order valence-corrected chi connectivity index (χ3v) is 8.10. The SMILES string of the molecule is Cc1cc(C#N)cnc1C(=O)Nc1ccc(F)c([C@]2(C)C[S@]3(=O)=NCCCCN3C(N)=N2)n1. The minimum absolute atomic E-state index is 0.0347. The number of carbonyl (C=O) groups excluding carboxylic acids is 1. The first kappa shape index (κ1) is 22.6. The average Bonchev–Trinajstić information content (AvgIpc) is 2.95. The van der Waals surface area contributed by atoms with E-state index in [2.05, 4.69) is 24.6 Å². The van der Waals surface area contributed by atoms with Crippen LogP contribution in [0.1, 0.15) is 47.1 Å². The van der Waals surface area contributed by atoms with Crippen LogP contribution in [0, 0.1) is 24.1 Å². The zero-order valence-electron chi connectivity index (χ0n) is 18.2. The van der Waals surface area contributed by atoms with Crippen molar-refractivity contribution in [2.24, 2.45) is 15.1 Å². The molecule has 0 saturated carbocycles. The summed E-state index contributed by atoms with van der Waals surface area (Å²) in [5, 5.41) is 11.6. The fraction of sp³-hybridized carbons (Fsp3) is 0.381. The van der Waals surface area contributed by atoms with Gasteiger partial charge in [-0.05, 0) is 50.5 Å². The number of rotatable bonds is 3. The Morgan fingerprint density at radius 1 is 1.39 bits per heavy atom. The lowest BCUT2D eigenvalue weighted by molar-refractivity contribution is 0.102. The normalized spacial score (nSPS) is 24.5. The topological polar surface area (TPSA) is 150 Å². The van der Waals surface area contributed by atoms with Gasteiger partial charge in [0.1, 0.15) is 44.5 Å². The second-order valence-corrected chi connectivity index (χ2v) is 10.3. The third kappa shape index (κ3) is 4.23. The van der Waals surface area contributed by atoms with Crippen LogP contribution in [0.4, 0.5) is 10.2 Å². The fourth-order valence-corrected chi connectivity index (χ4v) is 6.42. The molecular weight excluding hydrogens is 447 g/mol. The zero-order chi connectivity index (χ0) is 23.8. The Hall–Kier alpha value is -3.59. The molecule has 172 valence electrons. The number of fused-ring (bicyclic) bond motifs is 1. The largest absolute Gasteiger partial charge is 0.369 e. The van der Waals surface area contributed by atoms with Crippen molar-refractivity contribution in [2.45, 2.75) is 32.2 Å². The number of pyridine rings is 2. The molecule has 10 nitrogen and oxygen atoms in total. The van der Waals surface area contributed by atoms with Crippen LogP contribution in [-0.2, 0) is 15.5 Å². The predicted molar refractivity (Wildman–Crippen MR) is 121 cm³/mol. The molecule has 12 heteroatoms. The van der Waals surface area contributed by atoms with Gasteiger partial charge in [-0.25, -0.2) is 27.9 Å². The minimum atomic E-state index is -2.91. The summed E-state index contributed by atoms with van der Waals surface area (Å²) in [6.45, 7) is 4.16. The van der Waals surface area contributed by atoms with E-state index >= 15 is 0 Å². The van der Waals surface area contributed by atoms with Crippen molar-refractivity contribution in [3.05, 3.63) is 52.7 Å². The summed E-state index contributed by atoms with van der Waals surface area (Å²) in [6.07, 6.45) is 2.86. The number of anilines is 1. The van der Waals surface area contributed by atoms with Gasteiger partial charge in [0, 0.05) is 12.7 Å². The first-order valence-corrected chi connectivity index (χ1v) is 12.0. The van der Waals surface area contributed by atoms with Gasteiger partial charge in [-0.1, -0.05) is 0 Å². The first-order chi connectivity index (χ1) is 15.6. The number of amides is 1. The molecule has 0 aromatic carbocycles. The van der Waals surface area contributed by atoms with Crippen molar-refractivity contribution in [1.82, 2.24) is 14.3 Å². The van der Waals surface area contributed by atoms with Gasteiger partial charge in [-0.15, -0.1) is 0 Å². The molecule has 2 aliphatic heterocycles. The van der Waals surface area contributed by atoms with E-state index in [4.69, 9.17) is 11.0 Å². The summed E-state index contributed by atoms with van der Waals surface area (Å²) in [5.41, 5.74) is 5.66. The number of nitriles is 1. The van der Waals surface area contributed by atoms with Crippen LogP contribution < -0.4 is 11.1 Å². The van der Waals surface area contributed by atoms with Crippen molar-refractivity contribution >= 4 is 27.6 Å². The van der Waals surface area contributed by atoms with Crippen LogP contribution in [-0.4, -0.2) is 49.2 Å². The quantitative estimate of drug-likeness (QED) is 0.701. The molecule has 33 heavy (non-hydrogen) atoms. The molecule has 0 aliphatic carbocycles. The molecule has 0 saturated heterocycles. The molecule has 4 rings (SSSR count).